The fraction of sp³-hybridized carbons (Fsp3) is 0.811. The molecule has 0 heterocycles. The van der Waals surface area contributed by atoms with Gasteiger partial charge in [-0.25, -0.2) is 4.79 Å². The second-order valence-corrected chi connectivity index (χ2v) is 42.2. The predicted molar refractivity (Wildman–Crippen MR) is 644 cm³/mol. The molecular formula is C132H247N7O6. The van der Waals surface area contributed by atoms with Crippen molar-refractivity contribution in [3.63, 3.8) is 0 Å². The molecule has 846 valence electrons. The molecule has 13 nitrogen and oxygen atoms in total. The number of nitrogens with two attached hydrogens (primary N) is 1. The van der Waals surface area contributed by atoms with Gasteiger partial charge in [0.1, 0.15) is 0 Å². The Morgan fingerprint density at radius 1 is 0.221 bits per heavy atom. The number of carbonyl (C=O) groups excluding carboxylic acids is 1. The van der Waals surface area contributed by atoms with E-state index in [0.29, 0.717) is 39.5 Å². The Kier molecular flexibility index (Phi) is 125. The highest BCUT2D eigenvalue weighted by molar-refractivity contribution is 5.73. The van der Waals surface area contributed by atoms with Gasteiger partial charge in [0.2, 0.25) is 0 Å². The van der Waals surface area contributed by atoms with Crippen LogP contribution in [0.15, 0.2) is 146 Å². The molecule has 0 aliphatic carbocycles. The van der Waals surface area contributed by atoms with Gasteiger partial charge < -0.3 is 60.5 Å². The van der Waals surface area contributed by atoms with Crippen LogP contribution in [0.1, 0.15) is 542 Å². The van der Waals surface area contributed by atoms with Crippen molar-refractivity contribution in [1.82, 2.24) is 31.1 Å². The lowest BCUT2D eigenvalue weighted by atomic mass is 10.0. The van der Waals surface area contributed by atoms with Gasteiger partial charge in [-0.2, -0.15) is 0 Å². The smallest absolute Gasteiger partial charge is 0.314 e. The van der Waals surface area contributed by atoms with Crippen molar-refractivity contribution in [2.45, 2.75) is 561 Å². The topological polar surface area (TPSA) is 144 Å². The van der Waals surface area contributed by atoms with E-state index in [4.69, 9.17) is 29.4 Å². The van der Waals surface area contributed by atoms with Crippen molar-refractivity contribution in [2.24, 2.45) is 5.73 Å². The van der Waals surface area contributed by atoms with Crippen LogP contribution in [0.5, 0.6) is 0 Å². The molecular weight excluding hydrogens is 1780 g/mol. The van der Waals surface area contributed by atoms with Gasteiger partial charge in [0.15, 0.2) is 0 Å². The van der Waals surface area contributed by atoms with Crippen LogP contribution in [0.3, 0.4) is 0 Å². The zero-order chi connectivity index (χ0) is 104. The number of rotatable bonds is 122. The van der Waals surface area contributed by atoms with Crippen LogP contribution in [-0.4, -0.2) is 165 Å². The lowest BCUT2D eigenvalue weighted by molar-refractivity contribution is -0.0175. The predicted octanol–water partition coefficient (Wildman–Crippen LogP) is 37.4. The van der Waals surface area contributed by atoms with Gasteiger partial charge in [-0.15, -0.1) is 0 Å². The highest BCUT2D eigenvalue weighted by Crippen LogP contribution is 2.20. The molecule has 145 heavy (non-hydrogen) atoms. The van der Waals surface area contributed by atoms with E-state index in [-0.39, 0.29) is 24.3 Å². The Labute approximate surface area is 903 Å². The van der Waals surface area contributed by atoms with Gasteiger partial charge in [0.25, 0.3) is 0 Å². The second-order valence-electron chi connectivity index (χ2n) is 42.2. The minimum atomic E-state index is -0.184. The summed E-state index contributed by atoms with van der Waals surface area (Å²) in [6, 6.07) is -0.119. The summed E-state index contributed by atoms with van der Waals surface area (Å²) >= 11 is 0. The van der Waals surface area contributed by atoms with Crippen LogP contribution in [0.25, 0.3) is 0 Å². The van der Waals surface area contributed by atoms with Gasteiger partial charge in [-0.1, -0.05) is 419 Å². The van der Waals surface area contributed by atoms with Crippen LogP contribution < -0.4 is 27.0 Å². The lowest BCUT2D eigenvalue weighted by Crippen LogP contribution is -2.43. The minimum Gasteiger partial charge on any atom is -0.379 e. The quantitative estimate of drug-likeness (QED) is 0.0293. The molecule has 0 radical (unpaired) electrons. The molecule has 0 aromatic carbocycles. The summed E-state index contributed by atoms with van der Waals surface area (Å²) in [6.45, 7) is 30.3. The Morgan fingerprint density at radius 3 is 0.724 bits per heavy atom. The summed E-state index contributed by atoms with van der Waals surface area (Å²) in [5.41, 5.74) is 6.24. The van der Waals surface area contributed by atoms with Crippen molar-refractivity contribution in [3.8, 4) is 0 Å². The Balaban J connectivity index is 6.25. The maximum Gasteiger partial charge on any atom is 0.314 e. The number of urea groups is 1. The van der Waals surface area contributed by atoms with E-state index in [1.165, 1.54) is 372 Å². The summed E-state index contributed by atoms with van der Waals surface area (Å²) < 4.78 is 32.7. The number of nitrogens with one attached hydrogen (secondary N) is 4. The fourth-order valence-corrected chi connectivity index (χ4v) is 18.4. The molecule has 2 amide bonds. The van der Waals surface area contributed by atoms with E-state index < -0.39 is 0 Å². The van der Waals surface area contributed by atoms with Crippen LogP contribution in [-0.2, 0) is 23.7 Å². The molecule has 0 aromatic heterocycles. The molecule has 0 bridgehead atoms. The highest BCUT2D eigenvalue weighted by atomic mass is 16.5. The second kappa shape index (κ2) is 128. The normalized spacial score (nSPS) is 13.2. The van der Waals surface area contributed by atoms with Crippen molar-refractivity contribution >= 4 is 6.03 Å². The molecule has 3 atom stereocenters. The Bertz CT molecular complexity index is 2860. The Hall–Kier alpha value is -4.25. The standard InChI is InChI=1S/C132H247N7O6/c1-7-13-19-25-31-37-43-49-55-58-59-60-66-72-78-84-90-96-108-129(143-121-101-93-87-81-75-69-61-52-46-40-34-28-22-16-10-4)124-134-110-105-117-139(118-107-112-136-132(140)137-126-131(145-123-103-95-89-83-77-71-63-54-48-42-36-30-24-18-12-6)128-142-120-100-92-86-80-74-68-65-57-51-45-39-33-27-21-15-9-3)114-98-97-113-138(115-104-109-133)116-106-111-135-125-130(144-122-102-94-88-82-76-70-62-53-47-41-35-29-23-17-11-5)127-141-119-99-91-85-79-73-67-64-56-50-44-38-32-26-20-14-8-2/h31-42,49-57,61-63,129-131,134-135H,7-30,43-48,58-60,64-128,133H2,1-6H3,(H2,136,137,140)/b37-31-,38-32-,39-33-,40-34-,41-35-,42-36-,55-49-,56-50-,57-51-,61-52-,62-53-,63-54-. The van der Waals surface area contributed by atoms with Crippen molar-refractivity contribution in [1.29, 1.82) is 0 Å². The van der Waals surface area contributed by atoms with Crippen LogP contribution in [0.2, 0.25) is 0 Å². The van der Waals surface area contributed by atoms with E-state index in [0.717, 1.165) is 220 Å². The summed E-state index contributed by atoms with van der Waals surface area (Å²) in [6.07, 6.45) is 153. The molecule has 0 fully saturated rings. The third-order valence-corrected chi connectivity index (χ3v) is 27.9. The van der Waals surface area contributed by atoms with Gasteiger partial charge in [-0.3, -0.25) is 0 Å². The van der Waals surface area contributed by atoms with Crippen molar-refractivity contribution < 1.29 is 28.5 Å². The van der Waals surface area contributed by atoms with E-state index in [1.54, 1.807) is 0 Å². The first-order chi connectivity index (χ1) is 72.0. The molecule has 0 spiro atoms. The van der Waals surface area contributed by atoms with Crippen molar-refractivity contribution in [3.05, 3.63) is 146 Å². The van der Waals surface area contributed by atoms with Crippen LogP contribution in [0.4, 0.5) is 4.79 Å². The van der Waals surface area contributed by atoms with E-state index in [2.05, 4.69) is 218 Å². The Morgan fingerprint density at radius 2 is 0.441 bits per heavy atom. The van der Waals surface area contributed by atoms with Crippen molar-refractivity contribution in [2.75, 3.05) is 131 Å². The number of carbonyl (C=O) groups is 1. The zero-order valence-electron chi connectivity index (χ0n) is 97.3. The molecule has 6 N–H and O–H groups in total. The van der Waals surface area contributed by atoms with E-state index in [1.807, 2.05) is 0 Å². The lowest BCUT2D eigenvalue weighted by Gasteiger charge is -2.25. The molecule has 0 saturated carbocycles. The third kappa shape index (κ3) is 120. The SMILES string of the molecule is CCCCC/C=C\C/C=C\CCCCCCCCCCC(CNCCCN(CCCCN(CCCN)CCCNCC(COCCCCCCCC/C=C\C/C=C\CCCCC)OCCCCCCC/C=C\C/C=C\CCCCC)CCCNC(=O)NCC(COCCCCCCCC/C=C\C/C=C\CCCCC)OCCCCCCC/C=C\C/C=C\CCCCC)OCCCCCCC/C=C\C/C=C\CCCCC. The summed E-state index contributed by atoms with van der Waals surface area (Å²) in [4.78, 5) is 19.1. The monoisotopic (exact) mass is 2030 g/mol. The highest BCUT2D eigenvalue weighted by Gasteiger charge is 2.17. The molecule has 0 aliphatic rings. The average Bonchev–Trinajstić information content (AvgIpc) is 0.955. The van der Waals surface area contributed by atoms with Gasteiger partial charge >= 0.3 is 6.03 Å². The van der Waals surface area contributed by atoms with E-state index in [9.17, 15) is 4.79 Å². The van der Waals surface area contributed by atoms with Gasteiger partial charge in [-0.05, 0) is 329 Å². The first-order valence-corrected chi connectivity index (χ1v) is 63.3. The van der Waals surface area contributed by atoms with Crippen LogP contribution >= 0.6 is 0 Å². The maximum absolute atomic E-state index is 13.7. The number of ether oxygens (including phenoxy) is 5. The van der Waals surface area contributed by atoms with Gasteiger partial charge in [0, 0.05) is 59.2 Å². The molecule has 3 unspecified atom stereocenters. The largest absolute Gasteiger partial charge is 0.379 e. The number of nitrogens with zero attached hydrogens (tertiary/aromatic N) is 2. The number of unbranched alkanes of at least 4 members (excludes halogenated alkanes) is 54. The third-order valence-electron chi connectivity index (χ3n) is 27.9. The van der Waals surface area contributed by atoms with Crippen LogP contribution in [0, 0.1) is 0 Å². The number of hydrogen-bond acceptors (Lipinski definition) is 11. The molecule has 0 aliphatic heterocycles. The zero-order valence-corrected chi connectivity index (χ0v) is 97.3. The fourth-order valence-electron chi connectivity index (χ4n) is 18.4. The molecule has 0 saturated heterocycles. The van der Waals surface area contributed by atoms with E-state index >= 15 is 0 Å². The first kappa shape index (κ1) is 141. The summed E-state index contributed by atoms with van der Waals surface area (Å²) in [5.74, 6) is 0. The molecule has 0 rings (SSSR count). The number of allylic oxidation sites excluding steroid dienone is 24. The molecule has 0 aromatic rings. The van der Waals surface area contributed by atoms with Gasteiger partial charge in [0.05, 0.1) is 31.5 Å². The minimum absolute atomic E-state index is 0.0588. The number of hydrogen-bond donors (Lipinski definition) is 5. The first-order valence-electron chi connectivity index (χ1n) is 63.3. The maximum atomic E-state index is 13.7. The summed E-state index contributed by atoms with van der Waals surface area (Å²) in [7, 11) is 0. The average molecular weight is 2030 g/mol. The molecule has 13 heteroatoms. The number of amides is 2. The summed E-state index contributed by atoms with van der Waals surface area (Å²) in [5, 5.41) is 14.3.